The number of carbonyl (C=O) groups is 2. The minimum absolute atomic E-state index is 0.176. The van der Waals surface area contributed by atoms with Crippen molar-refractivity contribution in [2.45, 2.75) is 25.7 Å². The molecule has 7 nitrogen and oxygen atoms in total. The molecule has 1 aromatic carbocycles. The molecule has 1 saturated heterocycles. The molecule has 1 unspecified atom stereocenters. The van der Waals surface area contributed by atoms with Gasteiger partial charge in [0.15, 0.2) is 0 Å². The summed E-state index contributed by atoms with van der Waals surface area (Å²) >= 11 is 0. The lowest BCUT2D eigenvalue weighted by Gasteiger charge is -2.33. The van der Waals surface area contributed by atoms with Crippen molar-refractivity contribution < 1.29 is 14.8 Å². The molecule has 1 fully saturated rings. The Morgan fingerprint density at radius 2 is 2.07 bits per heavy atom. The largest absolute Gasteiger partial charge is 0.310 e. The van der Waals surface area contributed by atoms with E-state index in [4.69, 9.17) is 5.21 Å². The highest BCUT2D eigenvalue weighted by atomic mass is 16.5. The van der Waals surface area contributed by atoms with Gasteiger partial charge in [-0.25, -0.2) is 10.5 Å². The van der Waals surface area contributed by atoms with Crippen LogP contribution in [0.2, 0.25) is 0 Å². The predicted molar refractivity (Wildman–Crippen MR) is 102 cm³/mol. The lowest BCUT2D eigenvalue weighted by molar-refractivity contribution is -0.126. The van der Waals surface area contributed by atoms with E-state index < -0.39 is 5.91 Å². The number of hydrogen-bond donors (Lipinski definition) is 2. The predicted octanol–water partition coefficient (Wildman–Crippen LogP) is 2.37. The number of aromatic nitrogens is 2. The molecule has 0 radical (unpaired) electrons. The van der Waals surface area contributed by atoms with Gasteiger partial charge in [0.2, 0.25) is 5.91 Å². The Bertz CT molecular complexity index is 1110. The Morgan fingerprint density at radius 3 is 2.93 bits per heavy atom. The van der Waals surface area contributed by atoms with Crippen molar-refractivity contribution in [1.29, 1.82) is 0 Å². The minimum Gasteiger partial charge on any atom is -0.310 e. The first kappa shape index (κ1) is 16.9. The van der Waals surface area contributed by atoms with E-state index in [-0.39, 0.29) is 11.3 Å². The summed E-state index contributed by atoms with van der Waals surface area (Å²) in [7, 11) is 0. The molecular formula is C21H20N4O3. The average molecular weight is 376 g/mol. The molecule has 3 heterocycles. The van der Waals surface area contributed by atoms with E-state index in [1.807, 2.05) is 46.0 Å². The molecule has 2 N–H and O–H groups in total. The second kappa shape index (κ2) is 6.17. The first-order chi connectivity index (χ1) is 13.6. The Kier molecular flexibility index (Phi) is 3.73. The van der Waals surface area contributed by atoms with Crippen molar-refractivity contribution in [1.82, 2.24) is 14.9 Å². The SMILES string of the molecule is O=C(NO)c1ccc2c(c1)CCC1(CCN(c3ccc4nccn4c3)C1=O)C2. The Labute approximate surface area is 161 Å². The number of nitrogens with zero attached hydrogens (tertiary/aromatic N) is 3. The topological polar surface area (TPSA) is 86.9 Å². The third-order valence-electron chi connectivity index (χ3n) is 6.17. The monoisotopic (exact) mass is 376 g/mol. The van der Waals surface area contributed by atoms with Crippen LogP contribution >= 0.6 is 0 Å². The van der Waals surface area contributed by atoms with Crippen LogP contribution in [0.4, 0.5) is 5.69 Å². The maximum atomic E-state index is 13.4. The van der Waals surface area contributed by atoms with Crippen LogP contribution in [0.5, 0.6) is 0 Å². The summed E-state index contributed by atoms with van der Waals surface area (Å²) in [5.74, 6) is -0.337. The zero-order chi connectivity index (χ0) is 19.3. The third-order valence-corrected chi connectivity index (χ3v) is 6.17. The smallest absolute Gasteiger partial charge is 0.274 e. The van der Waals surface area contributed by atoms with Gasteiger partial charge in [0.1, 0.15) is 5.65 Å². The summed E-state index contributed by atoms with van der Waals surface area (Å²) in [6.07, 6.45) is 8.62. The van der Waals surface area contributed by atoms with E-state index in [1.54, 1.807) is 17.7 Å². The fraction of sp³-hybridized carbons (Fsp3) is 0.286. The second-order valence-electron chi connectivity index (χ2n) is 7.67. The molecule has 7 heteroatoms. The number of pyridine rings is 1. The number of fused-ring (bicyclic) bond motifs is 2. The zero-order valence-corrected chi connectivity index (χ0v) is 15.3. The first-order valence-corrected chi connectivity index (χ1v) is 9.41. The third kappa shape index (κ3) is 2.51. The van der Waals surface area contributed by atoms with Crippen molar-refractivity contribution in [2.24, 2.45) is 5.41 Å². The van der Waals surface area contributed by atoms with Crippen LogP contribution in [-0.4, -0.2) is 33.0 Å². The highest BCUT2D eigenvalue weighted by Gasteiger charge is 2.48. The number of benzene rings is 1. The molecule has 1 spiro atoms. The van der Waals surface area contributed by atoms with Crippen molar-refractivity contribution in [3.63, 3.8) is 0 Å². The maximum absolute atomic E-state index is 13.4. The van der Waals surface area contributed by atoms with E-state index in [2.05, 4.69) is 4.98 Å². The number of rotatable bonds is 2. The number of amides is 2. The van der Waals surface area contributed by atoms with E-state index in [9.17, 15) is 9.59 Å². The van der Waals surface area contributed by atoms with Gasteiger partial charge in [-0.3, -0.25) is 14.8 Å². The molecular weight excluding hydrogens is 356 g/mol. The molecule has 142 valence electrons. The summed E-state index contributed by atoms with van der Waals surface area (Å²) in [5.41, 5.74) is 5.68. The van der Waals surface area contributed by atoms with Gasteiger partial charge in [0.05, 0.1) is 11.1 Å². The van der Waals surface area contributed by atoms with Crippen LogP contribution in [0.1, 0.15) is 34.3 Å². The van der Waals surface area contributed by atoms with Gasteiger partial charge < -0.3 is 9.30 Å². The molecule has 3 aromatic rings. The number of anilines is 1. The van der Waals surface area contributed by atoms with E-state index in [0.29, 0.717) is 18.5 Å². The molecule has 0 saturated carbocycles. The fourth-order valence-corrected chi connectivity index (χ4v) is 4.59. The summed E-state index contributed by atoms with van der Waals surface area (Å²) < 4.78 is 1.93. The van der Waals surface area contributed by atoms with E-state index in [1.165, 1.54) is 0 Å². The quantitative estimate of drug-likeness (QED) is 0.531. The number of hydrogen-bond acceptors (Lipinski definition) is 4. The van der Waals surface area contributed by atoms with Crippen LogP contribution in [0.25, 0.3) is 5.65 Å². The van der Waals surface area contributed by atoms with Gasteiger partial charge in [-0.1, -0.05) is 6.07 Å². The Morgan fingerprint density at radius 1 is 1.18 bits per heavy atom. The molecule has 2 aliphatic rings. The van der Waals surface area contributed by atoms with Crippen LogP contribution in [-0.2, 0) is 17.6 Å². The highest BCUT2D eigenvalue weighted by molar-refractivity contribution is 6.00. The van der Waals surface area contributed by atoms with Gasteiger partial charge in [0, 0.05) is 30.7 Å². The molecule has 2 amide bonds. The highest BCUT2D eigenvalue weighted by Crippen LogP contribution is 2.45. The number of hydroxylamine groups is 1. The Balaban J connectivity index is 1.42. The summed E-state index contributed by atoms with van der Waals surface area (Å²) in [4.78, 5) is 31.2. The second-order valence-corrected chi connectivity index (χ2v) is 7.67. The van der Waals surface area contributed by atoms with Gasteiger partial charge in [0.25, 0.3) is 5.91 Å². The van der Waals surface area contributed by atoms with Gasteiger partial charge in [-0.05, 0) is 61.1 Å². The number of carbonyl (C=O) groups excluding carboxylic acids is 2. The van der Waals surface area contributed by atoms with Crippen molar-refractivity contribution in [3.8, 4) is 0 Å². The molecule has 28 heavy (non-hydrogen) atoms. The fourth-order valence-electron chi connectivity index (χ4n) is 4.59. The molecule has 5 rings (SSSR count). The molecule has 1 atom stereocenters. The molecule has 0 bridgehead atoms. The summed E-state index contributed by atoms with van der Waals surface area (Å²) in [5, 5.41) is 8.83. The summed E-state index contributed by atoms with van der Waals surface area (Å²) in [6, 6.07) is 9.31. The molecule has 2 aromatic heterocycles. The van der Waals surface area contributed by atoms with E-state index >= 15 is 0 Å². The number of imidazole rings is 1. The summed E-state index contributed by atoms with van der Waals surface area (Å²) in [6.45, 7) is 0.708. The minimum atomic E-state index is -0.513. The number of nitrogens with one attached hydrogen (secondary N) is 1. The lowest BCUT2D eigenvalue weighted by Crippen LogP contribution is -2.39. The van der Waals surface area contributed by atoms with Crippen LogP contribution < -0.4 is 10.4 Å². The van der Waals surface area contributed by atoms with E-state index in [0.717, 1.165) is 41.7 Å². The van der Waals surface area contributed by atoms with Gasteiger partial charge in [-0.2, -0.15) is 0 Å². The van der Waals surface area contributed by atoms with Crippen molar-refractivity contribution >= 4 is 23.1 Å². The number of aryl methyl sites for hydroxylation is 1. The van der Waals surface area contributed by atoms with Crippen LogP contribution in [0, 0.1) is 5.41 Å². The van der Waals surface area contributed by atoms with Gasteiger partial charge in [-0.15, -0.1) is 0 Å². The first-order valence-electron chi connectivity index (χ1n) is 9.41. The lowest BCUT2D eigenvalue weighted by atomic mass is 9.70. The van der Waals surface area contributed by atoms with Crippen molar-refractivity contribution in [2.75, 3.05) is 11.4 Å². The molecule has 1 aliphatic heterocycles. The normalized spacial score (nSPS) is 21.3. The van der Waals surface area contributed by atoms with Crippen LogP contribution in [0.3, 0.4) is 0 Å². The molecule has 1 aliphatic carbocycles. The average Bonchev–Trinajstić information content (AvgIpc) is 3.31. The Hall–Kier alpha value is -3.19. The maximum Gasteiger partial charge on any atom is 0.274 e. The standard InChI is InChI=1S/C21H20N4O3/c26-19(23-28)15-1-2-16-12-21(6-5-14(16)11-15)7-9-25(20(21)27)17-3-4-18-22-8-10-24(18)13-17/h1-4,8,10-11,13,28H,5-7,9,12H2,(H,23,26). The van der Waals surface area contributed by atoms with Gasteiger partial charge >= 0.3 is 0 Å². The zero-order valence-electron chi connectivity index (χ0n) is 15.3. The van der Waals surface area contributed by atoms with Crippen LogP contribution in [0.15, 0.2) is 48.9 Å². The van der Waals surface area contributed by atoms with Crippen molar-refractivity contribution in [3.05, 3.63) is 65.6 Å².